The van der Waals surface area contributed by atoms with Crippen LogP contribution in [0.25, 0.3) is 0 Å². The Hall–Kier alpha value is -1.81. The van der Waals surface area contributed by atoms with Crippen molar-refractivity contribution in [2.45, 2.75) is 12.6 Å². The molecular weight excluding hydrogens is 239 g/mol. The maximum absolute atomic E-state index is 13.8. The molecule has 18 heavy (non-hydrogen) atoms. The predicted molar refractivity (Wildman–Crippen MR) is 61.4 cm³/mol. The van der Waals surface area contributed by atoms with Gasteiger partial charge in [0.05, 0.1) is 6.04 Å². The van der Waals surface area contributed by atoms with Gasteiger partial charge in [-0.2, -0.15) is 0 Å². The van der Waals surface area contributed by atoms with E-state index in [-0.39, 0.29) is 5.56 Å². The zero-order valence-electron chi connectivity index (χ0n) is 9.38. The Morgan fingerprint density at radius 3 is 2.50 bits per heavy atom. The molecule has 0 amide bonds. The summed E-state index contributed by atoms with van der Waals surface area (Å²) < 4.78 is 39.9. The Kier molecular flexibility index (Phi) is 2.59. The Labute approximate surface area is 102 Å². The summed E-state index contributed by atoms with van der Waals surface area (Å²) in [5, 5.41) is 3.10. The van der Waals surface area contributed by atoms with E-state index in [9.17, 15) is 13.2 Å². The second-order valence-corrected chi connectivity index (χ2v) is 4.28. The number of rotatable bonds is 1. The SMILES string of the molecule is Fc1ccc(C2NCc3ccccc32)c(F)c1F. The first-order valence-electron chi connectivity index (χ1n) is 5.63. The Bertz CT molecular complexity index is 610. The molecule has 1 unspecified atom stereocenters. The highest BCUT2D eigenvalue weighted by atomic mass is 19.2. The molecule has 0 fully saturated rings. The zero-order valence-corrected chi connectivity index (χ0v) is 9.38. The van der Waals surface area contributed by atoms with Crippen molar-refractivity contribution < 1.29 is 13.2 Å². The topological polar surface area (TPSA) is 12.0 Å². The average molecular weight is 249 g/mol. The molecule has 0 saturated heterocycles. The summed E-state index contributed by atoms with van der Waals surface area (Å²) in [5.74, 6) is -3.70. The van der Waals surface area contributed by atoms with E-state index in [2.05, 4.69) is 5.32 Å². The molecular formula is C14H10F3N. The van der Waals surface area contributed by atoms with Gasteiger partial charge in [-0.15, -0.1) is 0 Å². The van der Waals surface area contributed by atoms with Crippen LogP contribution in [0.5, 0.6) is 0 Å². The lowest BCUT2D eigenvalue weighted by Gasteiger charge is -2.14. The molecule has 92 valence electrons. The zero-order chi connectivity index (χ0) is 12.7. The van der Waals surface area contributed by atoms with E-state index in [4.69, 9.17) is 0 Å². The maximum Gasteiger partial charge on any atom is 0.194 e. The lowest BCUT2D eigenvalue weighted by molar-refractivity contribution is 0.435. The van der Waals surface area contributed by atoms with Crippen LogP contribution in [-0.4, -0.2) is 0 Å². The quantitative estimate of drug-likeness (QED) is 0.765. The Morgan fingerprint density at radius 2 is 1.67 bits per heavy atom. The van der Waals surface area contributed by atoms with E-state index >= 15 is 0 Å². The van der Waals surface area contributed by atoms with Gasteiger partial charge < -0.3 is 5.32 Å². The maximum atomic E-state index is 13.8. The highest BCUT2D eigenvalue weighted by Crippen LogP contribution is 2.32. The minimum absolute atomic E-state index is 0.138. The molecule has 0 spiro atoms. The van der Waals surface area contributed by atoms with Crippen molar-refractivity contribution in [2.24, 2.45) is 0 Å². The van der Waals surface area contributed by atoms with Gasteiger partial charge in [0.25, 0.3) is 0 Å². The van der Waals surface area contributed by atoms with E-state index in [0.717, 1.165) is 17.2 Å². The summed E-state index contributed by atoms with van der Waals surface area (Å²) in [7, 11) is 0. The molecule has 1 aliphatic rings. The molecule has 0 radical (unpaired) electrons. The molecule has 1 atom stereocenters. The summed E-state index contributed by atoms with van der Waals surface area (Å²) in [4.78, 5) is 0. The molecule has 2 aromatic carbocycles. The van der Waals surface area contributed by atoms with Crippen molar-refractivity contribution in [1.82, 2.24) is 5.32 Å². The first-order chi connectivity index (χ1) is 8.68. The van der Waals surface area contributed by atoms with Gasteiger partial charge in [-0.3, -0.25) is 0 Å². The normalized spacial score (nSPS) is 17.8. The highest BCUT2D eigenvalue weighted by molar-refractivity contribution is 5.41. The predicted octanol–water partition coefficient (Wildman–Crippen LogP) is 3.30. The van der Waals surface area contributed by atoms with Gasteiger partial charge in [-0.05, 0) is 17.2 Å². The van der Waals surface area contributed by atoms with E-state index in [1.807, 2.05) is 24.3 Å². The lowest BCUT2D eigenvalue weighted by atomic mass is 9.98. The third kappa shape index (κ3) is 1.61. The molecule has 1 heterocycles. The van der Waals surface area contributed by atoms with Gasteiger partial charge >= 0.3 is 0 Å². The lowest BCUT2D eigenvalue weighted by Crippen LogP contribution is -2.16. The van der Waals surface area contributed by atoms with Crippen LogP contribution in [0, 0.1) is 17.5 Å². The van der Waals surface area contributed by atoms with Crippen LogP contribution >= 0.6 is 0 Å². The van der Waals surface area contributed by atoms with E-state index in [1.54, 1.807) is 0 Å². The Morgan fingerprint density at radius 1 is 0.889 bits per heavy atom. The number of hydrogen-bond acceptors (Lipinski definition) is 1. The third-order valence-electron chi connectivity index (χ3n) is 3.24. The van der Waals surface area contributed by atoms with Crippen LogP contribution in [0.2, 0.25) is 0 Å². The molecule has 1 nitrogen and oxygen atoms in total. The van der Waals surface area contributed by atoms with Crippen molar-refractivity contribution in [2.75, 3.05) is 0 Å². The molecule has 4 heteroatoms. The fourth-order valence-corrected chi connectivity index (χ4v) is 2.34. The second-order valence-electron chi connectivity index (χ2n) is 4.28. The number of fused-ring (bicyclic) bond motifs is 1. The number of halogens is 3. The van der Waals surface area contributed by atoms with Crippen molar-refractivity contribution in [3.8, 4) is 0 Å². The van der Waals surface area contributed by atoms with Crippen LogP contribution in [0.4, 0.5) is 13.2 Å². The highest BCUT2D eigenvalue weighted by Gasteiger charge is 2.27. The smallest absolute Gasteiger partial charge is 0.194 e. The van der Waals surface area contributed by atoms with Gasteiger partial charge in [-0.25, -0.2) is 13.2 Å². The van der Waals surface area contributed by atoms with E-state index in [1.165, 1.54) is 6.07 Å². The minimum atomic E-state index is -1.42. The first kappa shape index (κ1) is 11.3. The Balaban J connectivity index is 2.11. The summed E-state index contributed by atoms with van der Waals surface area (Å²) in [6.45, 7) is 0.597. The standard InChI is InChI=1S/C14H10F3N/c15-11-6-5-10(12(16)13(11)17)14-9-4-2-1-3-8(9)7-18-14/h1-6,14,18H,7H2. The van der Waals surface area contributed by atoms with Crippen LogP contribution in [-0.2, 0) is 6.54 Å². The molecule has 3 rings (SSSR count). The van der Waals surface area contributed by atoms with Gasteiger partial charge in [0.15, 0.2) is 17.5 Å². The summed E-state index contributed by atoms with van der Waals surface area (Å²) >= 11 is 0. The van der Waals surface area contributed by atoms with Gasteiger partial charge in [0, 0.05) is 12.1 Å². The minimum Gasteiger partial charge on any atom is -0.302 e. The molecule has 1 aliphatic heterocycles. The number of nitrogens with one attached hydrogen (secondary N) is 1. The molecule has 0 aliphatic carbocycles. The fourth-order valence-electron chi connectivity index (χ4n) is 2.34. The first-order valence-corrected chi connectivity index (χ1v) is 5.63. The van der Waals surface area contributed by atoms with E-state index < -0.39 is 23.5 Å². The van der Waals surface area contributed by atoms with E-state index in [0.29, 0.717) is 6.54 Å². The molecule has 2 aromatic rings. The number of benzene rings is 2. The third-order valence-corrected chi connectivity index (χ3v) is 3.24. The molecule has 1 N–H and O–H groups in total. The molecule has 0 saturated carbocycles. The summed E-state index contributed by atoms with van der Waals surface area (Å²) in [6.07, 6.45) is 0. The van der Waals surface area contributed by atoms with Gasteiger partial charge in [0.1, 0.15) is 0 Å². The van der Waals surface area contributed by atoms with Crippen LogP contribution < -0.4 is 5.32 Å². The number of hydrogen-bond donors (Lipinski definition) is 1. The fraction of sp³-hybridized carbons (Fsp3) is 0.143. The summed E-state index contributed by atoms with van der Waals surface area (Å²) in [6, 6.07) is 9.35. The molecule has 0 bridgehead atoms. The average Bonchev–Trinajstić information content (AvgIpc) is 2.80. The van der Waals surface area contributed by atoms with Gasteiger partial charge in [-0.1, -0.05) is 30.3 Å². The van der Waals surface area contributed by atoms with Crippen molar-refractivity contribution in [3.63, 3.8) is 0 Å². The van der Waals surface area contributed by atoms with Crippen molar-refractivity contribution >= 4 is 0 Å². The van der Waals surface area contributed by atoms with Crippen LogP contribution in [0.15, 0.2) is 36.4 Å². The second kappa shape index (κ2) is 4.14. The van der Waals surface area contributed by atoms with Crippen LogP contribution in [0.3, 0.4) is 0 Å². The van der Waals surface area contributed by atoms with Crippen LogP contribution in [0.1, 0.15) is 22.7 Å². The van der Waals surface area contributed by atoms with Crippen molar-refractivity contribution in [1.29, 1.82) is 0 Å². The molecule has 0 aromatic heterocycles. The summed E-state index contributed by atoms with van der Waals surface area (Å²) in [5.41, 5.74) is 2.09. The van der Waals surface area contributed by atoms with Gasteiger partial charge in [0.2, 0.25) is 0 Å². The van der Waals surface area contributed by atoms with Crippen molar-refractivity contribution in [3.05, 3.63) is 70.5 Å². The monoisotopic (exact) mass is 249 g/mol. The largest absolute Gasteiger partial charge is 0.302 e.